The van der Waals surface area contributed by atoms with Gasteiger partial charge in [0.05, 0.1) is 18.8 Å². The molecule has 4 rings (SSSR count). The maximum absolute atomic E-state index is 14.2. The zero-order valence-electron chi connectivity index (χ0n) is 21.1. The molecule has 0 unspecified atom stereocenters. The van der Waals surface area contributed by atoms with Gasteiger partial charge in [-0.15, -0.1) is 0 Å². The van der Waals surface area contributed by atoms with Gasteiger partial charge in [0.25, 0.3) is 5.91 Å². The molecule has 38 heavy (non-hydrogen) atoms. The molecule has 1 atom stereocenters. The first-order chi connectivity index (χ1) is 18.3. The number of aliphatic hydroxyl groups is 1. The van der Waals surface area contributed by atoms with Gasteiger partial charge >= 0.3 is 12.0 Å². The van der Waals surface area contributed by atoms with Crippen LogP contribution in [0, 0.1) is 5.82 Å². The second kappa shape index (κ2) is 13.0. The van der Waals surface area contributed by atoms with Gasteiger partial charge in [-0.2, -0.15) is 4.37 Å². The van der Waals surface area contributed by atoms with Crippen molar-refractivity contribution in [3.8, 4) is 5.88 Å². The molecule has 0 spiro atoms. The second-order valence-corrected chi connectivity index (χ2v) is 10.1. The van der Waals surface area contributed by atoms with Crippen molar-refractivity contribution in [2.45, 2.75) is 50.9 Å². The van der Waals surface area contributed by atoms with Crippen LogP contribution < -0.4 is 20.7 Å². The van der Waals surface area contributed by atoms with Gasteiger partial charge in [0.1, 0.15) is 17.4 Å². The Morgan fingerprint density at radius 2 is 2.05 bits per heavy atom. The summed E-state index contributed by atoms with van der Waals surface area (Å²) in [6, 6.07) is 3.66. The summed E-state index contributed by atoms with van der Waals surface area (Å²) >= 11 is 0.866. The predicted molar refractivity (Wildman–Crippen MR) is 138 cm³/mol. The smallest absolute Gasteiger partial charge is 0.346 e. The number of likely N-dealkylation sites (tertiary alicyclic amines) is 1. The molecule has 0 bridgehead atoms. The first-order valence-corrected chi connectivity index (χ1v) is 13.4. The average molecular weight is 550 g/mol. The van der Waals surface area contributed by atoms with Gasteiger partial charge in [-0.1, -0.05) is 6.07 Å². The lowest BCUT2D eigenvalue weighted by molar-refractivity contribution is 0.0596. The Bertz CT molecular complexity index is 1160. The highest BCUT2D eigenvalue weighted by molar-refractivity contribution is 7.11. The highest BCUT2D eigenvalue weighted by Crippen LogP contribution is 2.32. The van der Waals surface area contributed by atoms with Crippen molar-refractivity contribution in [1.82, 2.24) is 19.9 Å². The van der Waals surface area contributed by atoms with E-state index in [2.05, 4.69) is 25.2 Å². The lowest BCUT2D eigenvalue weighted by atomic mass is 10.1. The maximum Gasteiger partial charge on any atom is 0.346 e. The molecule has 1 aliphatic heterocycles. The summed E-state index contributed by atoms with van der Waals surface area (Å²) in [5.41, 5.74) is 0.391. The van der Waals surface area contributed by atoms with Crippen molar-refractivity contribution < 1.29 is 33.4 Å². The Morgan fingerprint density at radius 3 is 2.76 bits per heavy atom. The minimum Gasteiger partial charge on any atom is -0.472 e. The average Bonchev–Trinajstić information content (AvgIpc) is 3.48. The molecule has 1 aromatic heterocycles. The van der Waals surface area contributed by atoms with E-state index < -0.39 is 23.7 Å². The minimum atomic E-state index is -0.736. The highest BCUT2D eigenvalue weighted by Gasteiger charge is 2.27. The molecule has 2 heterocycles. The van der Waals surface area contributed by atoms with Gasteiger partial charge in [0.15, 0.2) is 5.56 Å². The number of hydrogen-bond acceptors (Lipinski definition) is 9. The molecular formula is C25H32FN5O6S. The Kier molecular flexibility index (Phi) is 9.48. The number of hydrogen-bond donors (Lipinski definition) is 4. The molecule has 1 saturated heterocycles. The fraction of sp³-hybridized carbons (Fsp3) is 0.520. The molecule has 0 radical (unpaired) electrons. The third kappa shape index (κ3) is 7.62. The number of unbranched alkanes of at least 4 members (excludes halogenated alkanes) is 1. The van der Waals surface area contributed by atoms with E-state index in [9.17, 15) is 23.9 Å². The van der Waals surface area contributed by atoms with Crippen LogP contribution in [0.2, 0.25) is 0 Å². The van der Waals surface area contributed by atoms with Crippen LogP contribution in [0.15, 0.2) is 18.2 Å². The number of anilines is 1. The summed E-state index contributed by atoms with van der Waals surface area (Å²) < 4.78 is 28.8. The highest BCUT2D eigenvalue weighted by atomic mass is 32.1. The van der Waals surface area contributed by atoms with E-state index in [1.54, 1.807) is 0 Å². The molecule has 1 saturated carbocycles. The van der Waals surface area contributed by atoms with Crippen molar-refractivity contribution in [1.29, 1.82) is 0 Å². The summed E-state index contributed by atoms with van der Waals surface area (Å²) in [7, 11) is 1.21. The fourth-order valence-corrected chi connectivity index (χ4v) is 4.76. The van der Waals surface area contributed by atoms with Crippen LogP contribution >= 0.6 is 11.5 Å². The molecule has 2 aromatic rings. The molecule has 1 aromatic carbocycles. The number of urea groups is 1. The Labute approximate surface area is 223 Å². The molecule has 3 amide bonds. The van der Waals surface area contributed by atoms with E-state index in [0.29, 0.717) is 18.7 Å². The number of β-amino-alcohol motifs (C(OH)–C–C–N with tert-alkyl or cyclic N) is 1. The topological polar surface area (TPSA) is 142 Å². The molecule has 4 N–H and O–H groups in total. The van der Waals surface area contributed by atoms with Gasteiger partial charge < -0.3 is 30.1 Å². The van der Waals surface area contributed by atoms with Crippen LogP contribution in [-0.4, -0.2) is 77.7 Å². The number of benzene rings is 1. The predicted octanol–water partition coefficient (Wildman–Crippen LogP) is 2.51. The number of methoxy groups -OCH3 is 1. The number of carbonyl (C=O) groups excluding carboxylic acids is 3. The van der Waals surface area contributed by atoms with Gasteiger partial charge in [-0.3, -0.25) is 10.1 Å². The number of nitrogens with one attached hydrogen (secondary N) is 3. The monoisotopic (exact) mass is 549 g/mol. The quantitative estimate of drug-likeness (QED) is 0.234. The number of carbonyl (C=O) groups is 3. The van der Waals surface area contributed by atoms with Crippen LogP contribution in [0.4, 0.5) is 14.2 Å². The van der Waals surface area contributed by atoms with E-state index in [1.165, 1.54) is 25.3 Å². The standard InChI is InChI=1S/C25H32FN5O6S/c1-36-24(34)20-22(37-14-15-4-7-19(26)18(12-15)21(33)28-16-5-6-16)30-38-23(20)29-25(35)27-9-2-3-10-31-11-8-17(32)13-31/h4,7,12,16-17,32H,2-3,5-6,8-11,13-14H2,1H3,(H,28,33)(H2,27,29,35)/t17-/m1/s1. The summed E-state index contributed by atoms with van der Waals surface area (Å²) in [4.78, 5) is 39.3. The lowest BCUT2D eigenvalue weighted by Gasteiger charge is -2.14. The van der Waals surface area contributed by atoms with E-state index in [-0.39, 0.29) is 40.8 Å². The summed E-state index contributed by atoms with van der Waals surface area (Å²) in [6.07, 6.45) is 3.96. The molecule has 2 aliphatic rings. The van der Waals surface area contributed by atoms with Crippen LogP contribution in [-0.2, 0) is 11.3 Å². The van der Waals surface area contributed by atoms with Crippen LogP contribution in [0.3, 0.4) is 0 Å². The van der Waals surface area contributed by atoms with Crippen molar-refractivity contribution in [3.63, 3.8) is 0 Å². The van der Waals surface area contributed by atoms with Gasteiger partial charge in [-0.05, 0) is 67.9 Å². The molecule has 1 aliphatic carbocycles. The maximum atomic E-state index is 14.2. The second-order valence-electron chi connectivity index (χ2n) is 9.37. The third-order valence-electron chi connectivity index (χ3n) is 6.28. The largest absolute Gasteiger partial charge is 0.472 e. The number of nitrogens with zero attached hydrogens (tertiary/aromatic N) is 2. The van der Waals surface area contributed by atoms with Crippen LogP contribution in [0.5, 0.6) is 5.88 Å². The number of halogens is 1. The summed E-state index contributed by atoms with van der Waals surface area (Å²) in [5, 5.41) is 17.9. The minimum absolute atomic E-state index is 0.0333. The van der Waals surface area contributed by atoms with Crippen molar-refractivity contribution in [2.24, 2.45) is 0 Å². The number of amides is 3. The Balaban J connectivity index is 1.30. The number of ether oxygens (including phenoxy) is 2. The summed E-state index contributed by atoms with van der Waals surface area (Å²) in [5.74, 6) is -1.90. The zero-order chi connectivity index (χ0) is 27.1. The lowest BCUT2D eigenvalue weighted by Crippen LogP contribution is -2.30. The van der Waals surface area contributed by atoms with E-state index in [1.807, 2.05) is 0 Å². The summed E-state index contributed by atoms with van der Waals surface area (Å²) in [6.45, 7) is 2.80. The SMILES string of the molecule is COC(=O)c1c(OCc2ccc(F)c(C(=O)NC3CC3)c2)nsc1NC(=O)NCCCCN1CC[C@@H](O)C1. The van der Waals surface area contributed by atoms with E-state index in [0.717, 1.165) is 56.7 Å². The van der Waals surface area contributed by atoms with Gasteiger partial charge in [0, 0.05) is 25.7 Å². The molecular weight excluding hydrogens is 517 g/mol. The first-order valence-electron chi connectivity index (χ1n) is 12.6. The molecule has 13 heteroatoms. The number of rotatable bonds is 12. The molecule has 11 nitrogen and oxygen atoms in total. The molecule has 206 valence electrons. The van der Waals surface area contributed by atoms with Crippen LogP contribution in [0.1, 0.15) is 58.4 Å². The van der Waals surface area contributed by atoms with Crippen LogP contribution in [0.25, 0.3) is 0 Å². The number of aromatic nitrogens is 1. The Morgan fingerprint density at radius 1 is 1.24 bits per heavy atom. The van der Waals surface area contributed by atoms with E-state index >= 15 is 0 Å². The van der Waals surface area contributed by atoms with Crippen molar-refractivity contribution >= 4 is 34.4 Å². The normalized spacial score (nSPS) is 17.2. The van der Waals surface area contributed by atoms with Gasteiger partial charge in [0.2, 0.25) is 5.88 Å². The number of aliphatic hydroxyl groups excluding tert-OH is 1. The van der Waals surface area contributed by atoms with E-state index in [4.69, 9.17) is 9.47 Å². The van der Waals surface area contributed by atoms with Gasteiger partial charge in [-0.25, -0.2) is 14.0 Å². The number of esters is 1. The van der Waals surface area contributed by atoms with Crippen molar-refractivity contribution in [3.05, 3.63) is 40.7 Å². The zero-order valence-corrected chi connectivity index (χ0v) is 21.9. The fourth-order valence-electron chi connectivity index (χ4n) is 4.05. The Hall–Kier alpha value is -3.29. The third-order valence-corrected chi connectivity index (χ3v) is 7.02. The first kappa shape index (κ1) is 27.7. The molecule has 2 fully saturated rings. The van der Waals surface area contributed by atoms with Crippen molar-refractivity contribution in [2.75, 3.05) is 38.6 Å².